The molecule has 0 aromatic heterocycles. The maximum Gasteiger partial charge on any atom is 0.211 e. The molecule has 0 aliphatic heterocycles. The Hall–Kier alpha value is -2.38. The molecule has 0 aromatic carbocycles. The first-order valence-corrected chi connectivity index (χ1v) is 7.32. The van der Waals surface area contributed by atoms with Crippen LogP contribution in [0.5, 0.6) is 0 Å². The molecule has 0 unspecified atom stereocenters. The molecule has 1 saturated carbocycles. The Morgan fingerprint density at radius 1 is 1.14 bits per heavy atom. The van der Waals surface area contributed by atoms with Crippen LogP contribution in [0.15, 0.2) is 31.6 Å². The molecule has 0 amide bonds. The predicted molar refractivity (Wildman–Crippen MR) is 90.3 cm³/mol. The maximum absolute atomic E-state index is 5.34. The molecule has 0 heterocycles. The van der Waals surface area contributed by atoms with Gasteiger partial charge in [0.15, 0.2) is 0 Å². The summed E-state index contributed by atoms with van der Waals surface area (Å²) in [5.74, 6) is 0.277. The van der Waals surface area contributed by atoms with Crippen LogP contribution in [-0.2, 0) is 0 Å². The van der Waals surface area contributed by atoms with Gasteiger partial charge in [0, 0.05) is 12.1 Å². The van der Waals surface area contributed by atoms with Crippen molar-refractivity contribution in [1.29, 1.82) is 0 Å². The number of guanidine groups is 2. The first-order chi connectivity index (χ1) is 10.3. The summed E-state index contributed by atoms with van der Waals surface area (Å²) in [5, 5.41) is 15.6. The van der Waals surface area contributed by atoms with E-state index < -0.39 is 0 Å². The number of nitrogens with two attached hydrogens (primary N) is 4. The zero-order valence-electron chi connectivity index (χ0n) is 13.1. The quantitative estimate of drug-likeness (QED) is 0.338. The van der Waals surface area contributed by atoms with Crippen LogP contribution in [0, 0.1) is 11.3 Å². The third-order valence-corrected chi connectivity index (χ3v) is 4.69. The summed E-state index contributed by atoms with van der Waals surface area (Å²) in [7, 11) is 0. The van der Waals surface area contributed by atoms with E-state index in [4.69, 9.17) is 22.9 Å². The van der Waals surface area contributed by atoms with Gasteiger partial charge in [-0.05, 0) is 43.6 Å². The van der Waals surface area contributed by atoms with Crippen LogP contribution in [0.1, 0.15) is 39.5 Å². The first kappa shape index (κ1) is 16.0. The van der Waals surface area contributed by atoms with Gasteiger partial charge < -0.3 is 22.9 Å². The van der Waals surface area contributed by atoms with E-state index >= 15 is 0 Å². The molecule has 1 fully saturated rings. The van der Waals surface area contributed by atoms with Crippen molar-refractivity contribution in [2.75, 3.05) is 0 Å². The minimum absolute atomic E-state index is 0.0210. The highest BCUT2D eigenvalue weighted by atomic mass is 15.3. The zero-order chi connectivity index (χ0) is 16.3. The first-order valence-electron chi connectivity index (χ1n) is 7.32. The smallest absolute Gasteiger partial charge is 0.211 e. The largest absolute Gasteiger partial charge is 0.369 e. The van der Waals surface area contributed by atoms with Gasteiger partial charge in [0.2, 0.25) is 11.9 Å². The lowest BCUT2D eigenvalue weighted by Crippen LogP contribution is -2.31. The van der Waals surface area contributed by atoms with Gasteiger partial charge in [0.25, 0.3) is 0 Å². The van der Waals surface area contributed by atoms with E-state index in [1.807, 2.05) is 6.21 Å². The van der Waals surface area contributed by atoms with E-state index in [1.165, 1.54) is 11.1 Å². The maximum atomic E-state index is 5.34. The summed E-state index contributed by atoms with van der Waals surface area (Å²) < 4.78 is 0. The Kier molecular flexibility index (Phi) is 4.48. The van der Waals surface area contributed by atoms with Crippen LogP contribution >= 0.6 is 0 Å². The summed E-state index contributed by atoms with van der Waals surface area (Å²) >= 11 is 0. The van der Waals surface area contributed by atoms with Gasteiger partial charge in [0.05, 0.1) is 5.71 Å². The van der Waals surface area contributed by atoms with Crippen molar-refractivity contribution in [1.82, 2.24) is 0 Å². The van der Waals surface area contributed by atoms with Crippen molar-refractivity contribution in [2.45, 2.75) is 39.5 Å². The van der Waals surface area contributed by atoms with Crippen LogP contribution in [0.4, 0.5) is 0 Å². The van der Waals surface area contributed by atoms with E-state index in [9.17, 15) is 0 Å². The summed E-state index contributed by atoms with van der Waals surface area (Å²) in [4.78, 5) is 0. The molecule has 2 atom stereocenters. The van der Waals surface area contributed by atoms with E-state index in [1.54, 1.807) is 0 Å². The predicted octanol–water partition coefficient (Wildman–Crippen LogP) is 0.402. The molecule has 120 valence electrons. The Labute approximate surface area is 130 Å². The highest BCUT2D eigenvalue weighted by Gasteiger charge is 2.45. The van der Waals surface area contributed by atoms with E-state index in [2.05, 4.69) is 34.3 Å². The van der Waals surface area contributed by atoms with Gasteiger partial charge in [-0.2, -0.15) is 10.2 Å². The molecule has 2 aliphatic rings. The van der Waals surface area contributed by atoms with E-state index in [0.717, 1.165) is 31.4 Å². The SMILES string of the molecule is CC1=C2CC[C@H](/C=N/N=C(N)N)[C@@]2(C)CC/C1=N\N=C(N)N. The van der Waals surface area contributed by atoms with Crippen molar-refractivity contribution in [3.05, 3.63) is 11.1 Å². The van der Waals surface area contributed by atoms with E-state index in [0.29, 0.717) is 5.92 Å². The minimum atomic E-state index is -0.0263. The molecular formula is C14H24N8. The average molecular weight is 304 g/mol. The minimum Gasteiger partial charge on any atom is -0.369 e. The second-order valence-electron chi connectivity index (χ2n) is 6.03. The third kappa shape index (κ3) is 3.10. The van der Waals surface area contributed by atoms with Crippen molar-refractivity contribution >= 4 is 23.8 Å². The number of hydrogen-bond donors (Lipinski definition) is 4. The van der Waals surface area contributed by atoms with E-state index in [-0.39, 0.29) is 17.3 Å². The van der Waals surface area contributed by atoms with Gasteiger partial charge in [-0.3, -0.25) is 0 Å². The van der Waals surface area contributed by atoms with Gasteiger partial charge in [-0.25, -0.2) is 0 Å². The van der Waals surface area contributed by atoms with Crippen LogP contribution in [0.25, 0.3) is 0 Å². The molecule has 0 aromatic rings. The number of rotatable bonds is 3. The Morgan fingerprint density at radius 2 is 1.82 bits per heavy atom. The topological polar surface area (TPSA) is 154 Å². The molecule has 0 spiro atoms. The summed E-state index contributed by atoms with van der Waals surface area (Å²) in [6.45, 7) is 4.35. The standard InChI is InChI=1S/C14H24N8/c1-8-10-4-3-9(7-19-21-12(15)16)14(10,2)6-5-11(8)20-22-13(17)18/h7,9H,3-6H2,1-2H3,(H4,15,16,21)(H4,17,18,22)/b19-7+,20-11+/t9-,14-/m1/s1. The molecule has 2 rings (SSSR count). The molecular weight excluding hydrogens is 280 g/mol. The monoisotopic (exact) mass is 304 g/mol. The van der Waals surface area contributed by atoms with Gasteiger partial charge in [0.1, 0.15) is 0 Å². The van der Waals surface area contributed by atoms with Gasteiger partial charge in [-0.15, -0.1) is 10.2 Å². The van der Waals surface area contributed by atoms with Crippen LogP contribution in [0.2, 0.25) is 0 Å². The van der Waals surface area contributed by atoms with Crippen LogP contribution in [-0.4, -0.2) is 23.8 Å². The van der Waals surface area contributed by atoms with Crippen molar-refractivity contribution < 1.29 is 0 Å². The molecule has 8 nitrogen and oxygen atoms in total. The lowest BCUT2D eigenvalue weighted by molar-refractivity contribution is 0.323. The zero-order valence-corrected chi connectivity index (χ0v) is 13.1. The van der Waals surface area contributed by atoms with Gasteiger partial charge in [-0.1, -0.05) is 12.5 Å². The number of hydrogen-bond acceptors (Lipinski definition) is 4. The second-order valence-corrected chi connectivity index (χ2v) is 6.03. The lowest BCUT2D eigenvalue weighted by Gasteiger charge is -2.36. The Morgan fingerprint density at radius 3 is 2.45 bits per heavy atom. The Balaban J connectivity index is 2.28. The molecule has 8 heteroatoms. The molecule has 8 N–H and O–H groups in total. The highest BCUT2D eigenvalue weighted by Crippen LogP contribution is 2.53. The number of nitrogens with zero attached hydrogens (tertiary/aromatic N) is 4. The molecule has 2 aliphatic carbocycles. The van der Waals surface area contributed by atoms with Crippen LogP contribution < -0.4 is 22.9 Å². The third-order valence-electron chi connectivity index (χ3n) is 4.69. The normalized spacial score (nSPS) is 29.7. The molecule has 0 bridgehead atoms. The summed E-state index contributed by atoms with van der Waals surface area (Å²) in [6.07, 6.45) is 5.73. The fourth-order valence-electron chi connectivity index (χ4n) is 3.48. The number of allylic oxidation sites excluding steroid dienone is 2. The molecule has 22 heavy (non-hydrogen) atoms. The Bertz CT molecular complexity index is 590. The van der Waals surface area contributed by atoms with Crippen molar-refractivity contribution in [2.24, 2.45) is 54.7 Å². The highest BCUT2D eigenvalue weighted by molar-refractivity contribution is 6.02. The van der Waals surface area contributed by atoms with Crippen LogP contribution in [0.3, 0.4) is 0 Å². The average Bonchev–Trinajstić information content (AvgIpc) is 2.76. The molecule has 0 saturated heterocycles. The fraction of sp³-hybridized carbons (Fsp3) is 0.571. The number of fused-ring (bicyclic) bond motifs is 1. The summed E-state index contributed by atoms with van der Waals surface area (Å²) in [5.41, 5.74) is 24.9. The van der Waals surface area contributed by atoms with Crippen molar-refractivity contribution in [3.8, 4) is 0 Å². The summed E-state index contributed by atoms with van der Waals surface area (Å²) in [6, 6.07) is 0. The second kappa shape index (κ2) is 6.17. The van der Waals surface area contributed by atoms with Crippen molar-refractivity contribution in [3.63, 3.8) is 0 Å². The molecule has 0 radical (unpaired) electrons. The fourth-order valence-corrected chi connectivity index (χ4v) is 3.48. The lowest BCUT2D eigenvalue weighted by atomic mass is 9.68. The van der Waals surface area contributed by atoms with Gasteiger partial charge >= 0.3 is 0 Å².